The molecular formula is C17H21NO. The maximum Gasteiger partial charge on any atom is 0.0950 e. The lowest BCUT2D eigenvalue weighted by Gasteiger charge is -2.28. The molecule has 1 aliphatic carbocycles. The molecule has 0 saturated carbocycles. The molecule has 1 aromatic carbocycles. The summed E-state index contributed by atoms with van der Waals surface area (Å²) in [6, 6.07) is 11.4. The summed E-state index contributed by atoms with van der Waals surface area (Å²) in [4.78, 5) is 0. The van der Waals surface area contributed by atoms with E-state index in [1.165, 1.54) is 24.8 Å². The van der Waals surface area contributed by atoms with E-state index >= 15 is 0 Å². The molecule has 2 atom stereocenters. The molecule has 0 aliphatic heterocycles. The van der Waals surface area contributed by atoms with Gasteiger partial charge in [-0.25, -0.2) is 0 Å². The molecule has 0 saturated heterocycles. The number of aryl methyl sites for hydroxylation is 1. The third-order valence-corrected chi connectivity index (χ3v) is 4.31. The average molecular weight is 255 g/mol. The van der Waals surface area contributed by atoms with E-state index < -0.39 is 0 Å². The zero-order chi connectivity index (χ0) is 13.1. The van der Waals surface area contributed by atoms with Gasteiger partial charge in [-0.1, -0.05) is 24.3 Å². The van der Waals surface area contributed by atoms with E-state index in [9.17, 15) is 0 Å². The molecule has 2 nitrogen and oxygen atoms in total. The Morgan fingerprint density at radius 3 is 3.00 bits per heavy atom. The highest BCUT2D eigenvalue weighted by Crippen LogP contribution is 2.37. The standard InChI is InChI=1S/C17H21NO/c1-18-17(15-9-10-19-12-15)11-14-7-4-6-13-5-2-3-8-16(13)14/h2-3,5,8-10,12,14,17-18H,4,6-7,11H2,1H3. The van der Waals surface area contributed by atoms with Gasteiger partial charge in [-0.05, 0) is 55.8 Å². The van der Waals surface area contributed by atoms with Crippen LogP contribution in [0.4, 0.5) is 0 Å². The molecule has 0 spiro atoms. The highest BCUT2D eigenvalue weighted by atomic mass is 16.3. The van der Waals surface area contributed by atoms with Crippen LogP contribution in [0.25, 0.3) is 0 Å². The fourth-order valence-electron chi connectivity index (χ4n) is 3.28. The van der Waals surface area contributed by atoms with Crippen LogP contribution < -0.4 is 5.32 Å². The van der Waals surface area contributed by atoms with Crippen molar-refractivity contribution in [2.75, 3.05) is 7.05 Å². The molecule has 0 fully saturated rings. The van der Waals surface area contributed by atoms with Gasteiger partial charge in [0.2, 0.25) is 0 Å². The third kappa shape index (κ3) is 2.59. The van der Waals surface area contributed by atoms with Gasteiger partial charge in [0.25, 0.3) is 0 Å². The Kier molecular flexibility index (Phi) is 3.69. The highest BCUT2D eigenvalue weighted by Gasteiger charge is 2.23. The summed E-state index contributed by atoms with van der Waals surface area (Å²) in [7, 11) is 2.03. The molecule has 1 aromatic heterocycles. The first kappa shape index (κ1) is 12.5. The third-order valence-electron chi connectivity index (χ3n) is 4.31. The topological polar surface area (TPSA) is 25.2 Å². The second kappa shape index (κ2) is 5.62. The molecule has 0 bridgehead atoms. The van der Waals surface area contributed by atoms with Crippen molar-refractivity contribution in [3.8, 4) is 0 Å². The van der Waals surface area contributed by atoms with Gasteiger partial charge < -0.3 is 9.73 Å². The number of hydrogen-bond donors (Lipinski definition) is 1. The van der Waals surface area contributed by atoms with Crippen LogP contribution in [0.3, 0.4) is 0 Å². The van der Waals surface area contributed by atoms with E-state index in [4.69, 9.17) is 4.42 Å². The lowest BCUT2D eigenvalue weighted by molar-refractivity contribution is 0.436. The quantitative estimate of drug-likeness (QED) is 0.891. The SMILES string of the molecule is CNC(CC1CCCc2ccccc21)c1ccoc1. The first-order valence-electron chi connectivity index (χ1n) is 7.15. The summed E-state index contributed by atoms with van der Waals surface area (Å²) in [5, 5.41) is 3.42. The molecule has 19 heavy (non-hydrogen) atoms. The minimum Gasteiger partial charge on any atom is -0.472 e. The molecule has 100 valence electrons. The van der Waals surface area contributed by atoms with E-state index in [2.05, 4.69) is 35.6 Å². The van der Waals surface area contributed by atoms with E-state index in [1.807, 2.05) is 13.3 Å². The van der Waals surface area contributed by atoms with Crippen molar-refractivity contribution in [2.45, 2.75) is 37.6 Å². The predicted molar refractivity (Wildman–Crippen MR) is 77.2 cm³/mol. The predicted octanol–water partition coefficient (Wildman–Crippen LogP) is 4.05. The molecule has 2 heteroatoms. The number of rotatable bonds is 4. The lowest BCUT2D eigenvalue weighted by Crippen LogP contribution is -2.21. The van der Waals surface area contributed by atoms with Gasteiger partial charge in [0, 0.05) is 11.6 Å². The molecule has 0 amide bonds. The van der Waals surface area contributed by atoms with Crippen molar-refractivity contribution in [3.05, 3.63) is 59.5 Å². The van der Waals surface area contributed by atoms with Crippen LogP contribution in [0, 0.1) is 0 Å². The number of hydrogen-bond acceptors (Lipinski definition) is 2. The van der Waals surface area contributed by atoms with Crippen LogP contribution in [0.1, 0.15) is 47.9 Å². The maximum absolute atomic E-state index is 5.22. The highest BCUT2D eigenvalue weighted by molar-refractivity contribution is 5.33. The van der Waals surface area contributed by atoms with Crippen LogP contribution in [-0.4, -0.2) is 7.05 Å². The first-order valence-corrected chi connectivity index (χ1v) is 7.15. The van der Waals surface area contributed by atoms with Crippen molar-refractivity contribution >= 4 is 0 Å². The molecule has 1 N–H and O–H groups in total. The van der Waals surface area contributed by atoms with Crippen molar-refractivity contribution in [1.82, 2.24) is 5.32 Å². The minimum atomic E-state index is 0.384. The van der Waals surface area contributed by atoms with E-state index in [0.29, 0.717) is 12.0 Å². The first-order chi connectivity index (χ1) is 9.38. The van der Waals surface area contributed by atoms with Crippen LogP contribution >= 0.6 is 0 Å². The second-order valence-electron chi connectivity index (χ2n) is 5.42. The maximum atomic E-state index is 5.22. The molecule has 3 rings (SSSR count). The zero-order valence-corrected chi connectivity index (χ0v) is 11.4. The van der Waals surface area contributed by atoms with Gasteiger partial charge in [-0.15, -0.1) is 0 Å². The lowest BCUT2D eigenvalue weighted by atomic mass is 9.79. The summed E-state index contributed by atoms with van der Waals surface area (Å²) in [6.45, 7) is 0. The van der Waals surface area contributed by atoms with Gasteiger partial charge >= 0.3 is 0 Å². The summed E-state index contributed by atoms with van der Waals surface area (Å²) in [5.41, 5.74) is 4.35. The van der Waals surface area contributed by atoms with Crippen LogP contribution in [0.15, 0.2) is 47.3 Å². The van der Waals surface area contributed by atoms with Gasteiger partial charge in [0.1, 0.15) is 0 Å². The van der Waals surface area contributed by atoms with Crippen molar-refractivity contribution in [1.29, 1.82) is 0 Å². The Balaban J connectivity index is 1.80. The van der Waals surface area contributed by atoms with Crippen LogP contribution in [0.2, 0.25) is 0 Å². The number of furan rings is 1. The van der Waals surface area contributed by atoms with Crippen LogP contribution in [0.5, 0.6) is 0 Å². The van der Waals surface area contributed by atoms with E-state index in [1.54, 1.807) is 17.4 Å². The Morgan fingerprint density at radius 2 is 2.21 bits per heavy atom. The number of benzene rings is 1. The molecule has 0 radical (unpaired) electrons. The van der Waals surface area contributed by atoms with Gasteiger partial charge in [-0.2, -0.15) is 0 Å². The summed E-state index contributed by atoms with van der Waals surface area (Å²) in [5.74, 6) is 0.664. The fourth-order valence-corrected chi connectivity index (χ4v) is 3.28. The molecule has 2 unspecified atom stereocenters. The van der Waals surface area contributed by atoms with Gasteiger partial charge in [-0.3, -0.25) is 0 Å². The fraction of sp³-hybridized carbons (Fsp3) is 0.412. The Labute approximate surface area is 114 Å². The summed E-state index contributed by atoms with van der Waals surface area (Å²) < 4.78 is 5.22. The smallest absolute Gasteiger partial charge is 0.0950 e. The van der Waals surface area contributed by atoms with E-state index in [0.717, 1.165) is 6.42 Å². The largest absolute Gasteiger partial charge is 0.472 e. The van der Waals surface area contributed by atoms with Crippen molar-refractivity contribution in [3.63, 3.8) is 0 Å². The minimum absolute atomic E-state index is 0.384. The second-order valence-corrected chi connectivity index (χ2v) is 5.42. The van der Waals surface area contributed by atoms with Gasteiger partial charge in [0.15, 0.2) is 0 Å². The molecule has 1 heterocycles. The number of fused-ring (bicyclic) bond motifs is 1. The monoisotopic (exact) mass is 255 g/mol. The zero-order valence-electron chi connectivity index (χ0n) is 11.4. The molecule has 1 aliphatic rings. The Bertz CT molecular complexity index is 518. The normalized spacial score (nSPS) is 19.9. The molecular weight excluding hydrogens is 234 g/mol. The van der Waals surface area contributed by atoms with Crippen molar-refractivity contribution < 1.29 is 4.42 Å². The average Bonchev–Trinajstić information content (AvgIpc) is 2.99. The summed E-state index contributed by atoms with van der Waals surface area (Å²) in [6.07, 6.45) is 8.61. The van der Waals surface area contributed by atoms with Gasteiger partial charge in [0.05, 0.1) is 12.5 Å². The Morgan fingerprint density at radius 1 is 1.32 bits per heavy atom. The van der Waals surface area contributed by atoms with Crippen molar-refractivity contribution in [2.24, 2.45) is 0 Å². The number of nitrogens with one attached hydrogen (secondary N) is 1. The van der Waals surface area contributed by atoms with E-state index in [-0.39, 0.29) is 0 Å². The Hall–Kier alpha value is -1.54. The van der Waals surface area contributed by atoms with Crippen LogP contribution in [-0.2, 0) is 6.42 Å². The molecule has 2 aromatic rings. The summed E-state index contributed by atoms with van der Waals surface area (Å²) >= 11 is 0.